The first-order valence-electron chi connectivity index (χ1n) is 6.60. The molecule has 1 N–H and O–H groups in total. The van der Waals surface area contributed by atoms with Gasteiger partial charge in [0.25, 0.3) is 5.91 Å². The molecule has 0 atom stereocenters. The monoisotopic (exact) mass is 287 g/mol. The number of carbonyl (C=O) groups excluding carboxylic acids is 1. The number of fused-ring (bicyclic) bond motifs is 1. The van der Waals surface area contributed by atoms with Gasteiger partial charge in [0.2, 0.25) is 0 Å². The fraction of sp³-hybridized carbons (Fsp3) is 0.188. The van der Waals surface area contributed by atoms with E-state index >= 15 is 0 Å². The van der Waals surface area contributed by atoms with E-state index in [1.54, 1.807) is 0 Å². The van der Waals surface area contributed by atoms with Crippen molar-refractivity contribution in [2.24, 2.45) is 0 Å². The third kappa shape index (κ3) is 3.03. The van der Waals surface area contributed by atoms with Crippen molar-refractivity contribution in [1.29, 1.82) is 0 Å². The number of nitrogens with zero attached hydrogens (tertiary/aromatic N) is 1. The number of hydroxylamine groups is 2. The molecule has 5 heteroatoms. The third-order valence-electron chi connectivity index (χ3n) is 3.40. The molecule has 4 nitrogen and oxygen atoms in total. The highest BCUT2D eigenvalue weighted by Gasteiger charge is 2.17. The summed E-state index contributed by atoms with van der Waals surface area (Å²) in [7, 11) is 0. The number of benzene rings is 2. The number of hydrogen-bond donors (Lipinski definition) is 1. The minimum atomic E-state index is -0.418. The molecule has 0 saturated heterocycles. The van der Waals surface area contributed by atoms with E-state index in [2.05, 4.69) is 0 Å². The van der Waals surface area contributed by atoms with Gasteiger partial charge >= 0.3 is 0 Å². The van der Waals surface area contributed by atoms with Gasteiger partial charge in [0.15, 0.2) is 0 Å². The molecule has 0 unspecified atom stereocenters. The van der Waals surface area contributed by atoms with Crippen LogP contribution in [0.2, 0.25) is 0 Å². The molecule has 2 aromatic rings. The average Bonchev–Trinajstić information content (AvgIpc) is 2.44. The van der Waals surface area contributed by atoms with Gasteiger partial charge < -0.3 is 4.74 Å². The Labute approximate surface area is 121 Å². The minimum Gasteiger partial charge on any atom is -0.488 e. The summed E-state index contributed by atoms with van der Waals surface area (Å²) < 4.78 is 18.0. The average molecular weight is 287 g/mol. The Hall–Kier alpha value is -2.40. The Bertz CT molecular complexity index is 670. The van der Waals surface area contributed by atoms with Crippen molar-refractivity contribution in [3.8, 4) is 5.75 Å². The summed E-state index contributed by atoms with van der Waals surface area (Å²) in [4.78, 5) is 12.0. The number of carbonyl (C=O) groups is 1. The van der Waals surface area contributed by atoms with Crippen molar-refractivity contribution < 1.29 is 19.1 Å². The summed E-state index contributed by atoms with van der Waals surface area (Å²) in [5, 5.41) is 10.4. The quantitative estimate of drug-likeness (QED) is 0.695. The van der Waals surface area contributed by atoms with Crippen molar-refractivity contribution in [2.75, 3.05) is 0 Å². The molecule has 0 spiro atoms. The Morgan fingerprint density at radius 3 is 2.52 bits per heavy atom. The lowest BCUT2D eigenvalue weighted by Crippen LogP contribution is -2.28. The topological polar surface area (TPSA) is 49.8 Å². The van der Waals surface area contributed by atoms with Gasteiger partial charge in [-0.1, -0.05) is 24.3 Å². The normalized spacial score (nSPS) is 12.1. The Balaban J connectivity index is 1.61. The molecule has 1 heterocycles. The Kier molecular flexibility index (Phi) is 3.58. The summed E-state index contributed by atoms with van der Waals surface area (Å²) in [5.41, 5.74) is 2.57. The second-order valence-corrected chi connectivity index (χ2v) is 4.99. The lowest BCUT2D eigenvalue weighted by Gasteiger charge is -2.21. The van der Waals surface area contributed by atoms with Gasteiger partial charge in [-0.05, 0) is 29.3 Å². The van der Waals surface area contributed by atoms with E-state index < -0.39 is 5.91 Å². The molecule has 0 aliphatic carbocycles. The third-order valence-corrected chi connectivity index (χ3v) is 3.40. The number of ether oxygens (including phenoxy) is 1. The van der Waals surface area contributed by atoms with Gasteiger partial charge in [0.05, 0.1) is 13.0 Å². The molecular weight excluding hydrogens is 273 g/mol. The van der Waals surface area contributed by atoms with Crippen LogP contribution in [-0.4, -0.2) is 16.2 Å². The van der Waals surface area contributed by atoms with Crippen LogP contribution in [0.3, 0.4) is 0 Å². The number of rotatable bonds is 4. The zero-order chi connectivity index (χ0) is 14.8. The van der Waals surface area contributed by atoms with Crippen LogP contribution < -0.4 is 4.74 Å². The Morgan fingerprint density at radius 2 is 1.90 bits per heavy atom. The fourth-order valence-corrected chi connectivity index (χ4v) is 2.15. The van der Waals surface area contributed by atoms with E-state index in [4.69, 9.17) is 4.74 Å². The van der Waals surface area contributed by atoms with Crippen LogP contribution in [0.5, 0.6) is 5.75 Å². The van der Waals surface area contributed by atoms with E-state index in [0.717, 1.165) is 16.9 Å². The van der Waals surface area contributed by atoms with Crippen LogP contribution in [-0.2, 0) is 24.4 Å². The maximum atomic E-state index is 12.8. The molecule has 2 aromatic carbocycles. The maximum absolute atomic E-state index is 12.8. The number of hydrogen-bond acceptors (Lipinski definition) is 3. The predicted octanol–water partition coefficient (Wildman–Crippen LogP) is 2.68. The summed E-state index contributed by atoms with van der Waals surface area (Å²) in [6, 6.07) is 11.2. The van der Waals surface area contributed by atoms with Gasteiger partial charge in [0, 0.05) is 5.56 Å². The van der Waals surface area contributed by atoms with Crippen LogP contribution in [0.15, 0.2) is 42.5 Å². The molecule has 0 bridgehead atoms. The number of amides is 1. The highest BCUT2D eigenvalue weighted by atomic mass is 19.1. The van der Waals surface area contributed by atoms with Crippen LogP contribution in [0.4, 0.5) is 4.39 Å². The van der Waals surface area contributed by atoms with E-state index in [0.29, 0.717) is 17.2 Å². The summed E-state index contributed by atoms with van der Waals surface area (Å²) in [6.45, 7) is 0.640. The van der Waals surface area contributed by atoms with Gasteiger partial charge in [-0.3, -0.25) is 10.0 Å². The smallest absolute Gasteiger partial charge is 0.250 e. The van der Waals surface area contributed by atoms with Gasteiger partial charge in [0.1, 0.15) is 18.2 Å². The predicted molar refractivity (Wildman–Crippen MR) is 73.2 cm³/mol. The maximum Gasteiger partial charge on any atom is 0.250 e. The molecule has 21 heavy (non-hydrogen) atoms. The summed E-state index contributed by atoms with van der Waals surface area (Å²) in [5.74, 6) is 0.0264. The van der Waals surface area contributed by atoms with Crippen molar-refractivity contribution >= 4 is 5.91 Å². The molecule has 0 radical (unpaired) electrons. The summed E-state index contributed by atoms with van der Waals surface area (Å²) >= 11 is 0. The standard InChI is InChI=1S/C16H14FNO3/c17-14-5-2-11(3-6-14)9-18(20)16(19)8-12-1-4-13-10-21-15(13)7-12/h1-7,20H,8-10H2. The first-order chi connectivity index (χ1) is 10.1. The van der Waals surface area contributed by atoms with E-state index in [1.165, 1.54) is 24.3 Å². The van der Waals surface area contributed by atoms with Crippen molar-refractivity contribution in [3.05, 3.63) is 65.0 Å². The van der Waals surface area contributed by atoms with Gasteiger partial charge in [-0.25, -0.2) is 9.45 Å². The zero-order valence-corrected chi connectivity index (χ0v) is 11.3. The van der Waals surface area contributed by atoms with Crippen LogP contribution in [0.1, 0.15) is 16.7 Å². The van der Waals surface area contributed by atoms with Crippen molar-refractivity contribution in [2.45, 2.75) is 19.6 Å². The highest BCUT2D eigenvalue weighted by molar-refractivity contribution is 5.77. The molecule has 0 fully saturated rings. The largest absolute Gasteiger partial charge is 0.488 e. The van der Waals surface area contributed by atoms with E-state index in [9.17, 15) is 14.4 Å². The molecule has 0 aromatic heterocycles. The van der Waals surface area contributed by atoms with E-state index in [1.807, 2.05) is 18.2 Å². The first kappa shape index (κ1) is 13.6. The van der Waals surface area contributed by atoms with Crippen LogP contribution in [0.25, 0.3) is 0 Å². The van der Waals surface area contributed by atoms with Crippen molar-refractivity contribution in [1.82, 2.24) is 5.06 Å². The van der Waals surface area contributed by atoms with Gasteiger partial charge in [-0.2, -0.15) is 0 Å². The molecule has 1 aliphatic heterocycles. The minimum absolute atomic E-state index is 0.0283. The molecule has 0 saturated carbocycles. The van der Waals surface area contributed by atoms with E-state index in [-0.39, 0.29) is 18.8 Å². The van der Waals surface area contributed by atoms with Crippen molar-refractivity contribution in [3.63, 3.8) is 0 Å². The highest BCUT2D eigenvalue weighted by Crippen LogP contribution is 2.29. The number of halogens is 1. The second kappa shape index (κ2) is 5.54. The molecular formula is C16H14FNO3. The van der Waals surface area contributed by atoms with Crippen LogP contribution in [0, 0.1) is 5.82 Å². The van der Waals surface area contributed by atoms with Gasteiger partial charge in [-0.15, -0.1) is 0 Å². The van der Waals surface area contributed by atoms with Crippen LogP contribution >= 0.6 is 0 Å². The lowest BCUT2D eigenvalue weighted by atomic mass is 10.1. The molecule has 3 rings (SSSR count). The first-order valence-corrected chi connectivity index (χ1v) is 6.60. The fourth-order valence-electron chi connectivity index (χ4n) is 2.15. The lowest BCUT2D eigenvalue weighted by molar-refractivity contribution is -0.167. The Morgan fingerprint density at radius 1 is 1.19 bits per heavy atom. The zero-order valence-electron chi connectivity index (χ0n) is 11.3. The summed E-state index contributed by atoms with van der Waals surface area (Å²) in [6.07, 6.45) is 0.0916. The molecule has 1 amide bonds. The molecule has 108 valence electrons. The second-order valence-electron chi connectivity index (χ2n) is 4.99. The SMILES string of the molecule is O=C(Cc1ccc2c(c1)OC2)N(O)Cc1ccc(F)cc1. The molecule has 1 aliphatic rings.